The molecule has 2 aromatic rings. The first-order valence-corrected chi connectivity index (χ1v) is 11.9. The van der Waals surface area contributed by atoms with Crippen molar-refractivity contribution in [3.8, 4) is 0 Å². The highest BCUT2D eigenvalue weighted by Crippen LogP contribution is 2.24. The number of sulfonamides is 1. The fourth-order valence-electron chi connectivity index (χ4n) is 3.19. The van der Waals surface area contributed by atoms with Crippen LogP contribution in [0.5, 0.6) is 0 Å². The van der Waals surface area contributed by atoms with Gasteiger partial charge in [0.1, 0.15) is 0 Å². The highest BCUT2D eigenvalue weighted by Gasteiger charge is 2.28. The van der Waals surface area contributed by atoms with Gasteiger partial charge >= 0.3 is 0 Å². The number of hydrogen-bond donors (Lipinski definition) is 0. The minimum Gasteiger partial charge on any atom is -0.339 e. The lowest BCUT2D eigenvalue weighted by Crippen LogP contribution is -2.51. The van der Waals surface area contributed by atoms with Crippen molar-refractivity contribution in [2.45, 2.75) is 24.5 Å². The Morgan fingerprint density at radius 3 is 2.36 bits per heavy atom. The predicted octanol–water partition coefficient (Wildman–Crippen LogP) is 3.07. The third-order valence-electron chi connectivity index (χ3n) is 4.87. The van der Waals surface area contributed by atoms with E-state index in [0.29, 0.717) is 31.9 Å². The average molecular weight is 419 g/mol. The number of aryl methyl sites for hydroxylation is 2. The number of amides is 1. The first-order valence-electron chi connectivity index (χ1n) is 9.35. The summed E-state index contributed by atoms with van der Waals surface area (Å²) in [5, 5.41) is 0. The molecule has 3 rings (SSSR count). The second-order valence-electron chi connectivity index (χ2n) is 7.08. The smallest absolute Gasteiger partial charge is 0.233 e. The lowest BCUT2D eigenvalue weighted by Gasteiger charge is -2.34. The zero-order valence-electron chi connectivity index (χ0n) is 16.3. The summed E-state index contributed by atoms with van der Waals surface area (Å²) in [6.45, 7) is 5.69. The monoisotopic (exact) mass is 418 g/mol. The predicted molar refractivity (Wildman–Crippen MR) is 114 cm³/mol. The van der Waals surface area contributed by atoms with Gasteiger partial charge in [-0.3, -0.25) is 4.79 Å². The number of nitrogens with zero attached hydrogens (tertiary/aromatic N) is 2. The van der Waals surface area contributed by atoms with E-state index in [-0.39, 0.29) is 11.7 Å². The number of benzene rings is 2. The maximum Gasteiger partial charge on any atom is 0.233 e. The van der Waals surface area contributed by atoms with Crippen LogP contribution >= 0.6 is 11.8 Å². The van der Waals surface area contributed by atoms with Crippen LogP contribution in [0, 0.1) is 13.8 Å². The van der Waals surface area contributed by atoms with Gasteiger partial charge in [-0.05, 0) is 31.0 Å². The number of carbonyl (C=O) groups excluding carboxylic acids is 1. The molecule has 7 heteroatoms. The van der Waals surface area contributed by atoms with E-state index in [1.54, 1.807) is 16.7 Å². The molecule has 0 N–H and O–H groups in total. The molecule has 1 fully saturated rings. The molecular formula is C21H26N2O3S2. The molecule has 150 valence electrons. The summed E-state index contributed by atoms with van der Waals surface area (Å²) in [6, 6.07) is 15.4. The Hall–Kier alpha value is -1.83. The van der Waals surface area contributed by atoms with E-state index in [0.717, 1.165) is 10.5 Å². The summed E-state index contributed by atoms with van der Waals surface area (Å²) >= 11 is 1.55. The summed E-state index contributed by atoms with van der Waals surface area (Å²) in [6.07, 6.45) is 0. The number of piperazine rings is 1. The van der Waals surface area contributed by atoms with Crippen LogP contribution in [-0.4, -0.2) is 55.5 Å². The Balaban J connectivity index is 1.51. The second-order valence-corrected chi connectivity index (χ2v) is 10.1. The lowest BCUT2D eigenvalue weighted by molar-refractivity contribution is -0.129. The van der Waals surface area contributed by atoms with Gasteiger partial charge < -0.3 is 4.90 Å². The summed E-state index contributed by atoms with van der Waals surface area (Å²) < 4.78 is 26.8. The SMILES string of the molecule is Cc1ccc(C)c(SCC(=O)N2CCN(S(=O)(=O)Cc3ccccc3)CC2)c1. The maximum absolute atomic E-state index is 12.6. The Kier molecular flexibility index (Phi) is 6.80. The van der Waals surface area contributed by atoms with Gasteiger partial charge in [-0.25, -0.2) is 8.42 Å². The molecule has 0 atom stereocenters. The van der Waals surface area contributed by atoms with Crippen molar-refractivity contribution in [1.29, 1.82) is 0 Å². The number of carbonyl (C=O) groups is 1. The molecule has 1 aliphatic heterocycles. The molecule has 0 unspecified atom stereocenters. The van der Waals surface area contributed by atoms with Gasteiger partial charge in [0, 0.05) is 31.1 Å². The third kappa shape index (κ3) is 5.37. The number of rotatable bonds is 6. The normalized spacial score (nSPS) is 15.6. The summed E-state index contributed by atoms with van der Waals surface area (Å²) in [5.74, 6) is 0.441. The summed E-state index contributed by atoms with van der Waals surface area (Å²) in [7, 11) is -3.36. The van der Waals surface area contributed by atoms with Crippen LogP contribution in [0.25, 0.3) is 0 Å². The zero-order valence-corrected chi connectivity index (χ0v) is 17.9. The molecule has 1 heterocycles. The Bertz CT molecular complexity index is 922. The van der Waals surface area contributed by atoms with E-state index < -0.39 is 10.0 Å². The van der Waals surface area contributed by atoms with Crippen LogP contribution in [0.3, 0.4) is 0 Å². The van der Waals surface area contributed by atoms with E-state index in [1.165, 1.54) is 15.4 Å². The van der Waals surface area contributed by atoms with Gasteiger partial charge in [-0.2, -0.15) is 4.31 Å². The van der Waals surface area contributed by atoms with E-state index in [9.17, 15) is 13.2 Å². The van der Waals surface area contributed by atoms with E-state index >= 15 is 0 Å². The van der Waals surface area contributed by atoms with Crippen LogP contribution < -0.4 is 0 Å². The van der Waals surface area contributed by atoms with Crippen molar-refractivity contribution < 1.29 is 13.2 Å². The number of thioether (sulfide) groups is 1. The van der Waals surface area contributed by atoms with Crippen molar-refractivity contribution in [3.63, 3.8) is 0 Å². The van der Waals surface area contributed by atoms with Gasteiger partial charge in [0.25, 0.3) is 0 Å². The molecule has 0 aromatic heterocycles. The van der Waals surface area contributed by atoms with Gasteiger partial charge in [0.15, 0.2) is 0 Å². The highest BCUT2D eigenvalue weighted by molar-refractivity contribution is 8.00. The van der Waals surface area contributed by atoms with Gasteiger partial charge in [-0.15, -0.1) is 11.8 Å². The fourth-order valence-corrected chi connectivity index (χ4v) is 5.73. The second kappa shape index (κ2) is 9.11. The standard InChI is InChI=1S/C21H26N2O3S2/c1-17-8-9-18(2)20(14-17)27-15-21(24)22-10-12-23(13-11-22)28(25,26)16-19-6-4-3-5-7-19/h3-9,14H,10-13,15-16H2,1-2H3. The molecule has 0 saturated carbocycles. The molecule has 0 aliphatic carbocycles. The minimum atomic E-state index is -3.36. The minimum absolute atomic E-state index is 0.00424. The zero-order chi connectivity index (χ0) is 20.1. The number of hydrogen-bond acceptors (Lipinski definition) is 4. The first-order chi connectivity index (χ1) is 13.3. The third-order valence-corrected chi connectivity index (χ3v) is 7.86. The maximum atomic E-state index is 12.6. The van der Waals surface area contributed by atoms with Crippen LogP contribution in [0.1, 0.15) is 16.7 Å². The van der Waals surface area contributed by atoms with Crippen molar-refractivity contribution in [2.24, 2.45) is 0 Å². The van der Waals surface area contributed by atoms with E-state index in [1.807, 2.05) is 44.2 Å². The molecule has 1 amide bonds. The molecule has 5 nitrogen and oxygen atoms in total. The molecule has 0 radical (unpaired) electrons. The van der Waals surface area contributed by atoms with E-state index in [4.69, 9.17) is 0 Å². The quantitative estimate of drug-likeness (QED) is 0.677. The highest BCUT2D eigenvalue weighted by atomic mass is 32.2. The Labute approximate surface area is 171 Å². The van der Waals surface area contributed by atoms with Crippen LogP contribution in [0.15, 0.2) is 53.4 Å². The molecule has 0 spiro atoms. The molecule has 0 bridgehead atoms. The molecular weight excluding hydrogens is 392 g/mol. The van der Waals surface area contributed by atoms with Gasteiger partial charge in [0.05, 0.1) is 11.5 Å². The Morgan fingerprint density at radius 1 is 1.00 bits per heavy atom. The van der Waals surface area contributed by atoms with Crippen molar-refractivity contribution in [1.82, 2.24) is 9.21 Å². The fraction of sp³-hybridized carbons (Fsp3) is 0.381. The Morgan fingerprint density at radius 2 is 1.68 bits per heavy atom. The lowest BCUT2D eigenvalue weighted by atomic mass is 10.2. The molecule has 1 aliphatic rings. The van der Waals surface area contributed by atoms with Gasteiger partial charge in [0.2, 0.25) is 15.9 Å². The van der Waals surface area contributed by atoms with Crippen molar-refractivity contribution >= 4 is 27.7 Å². The largest absolute Gasteiger partial charge is 0.339 e. The van der Waals surface area contributed by atoms with Crippen LogP contribution in [0.2, 0.25) is 0 Å². The van der Waals surface area contributed by atoms with Crippen LogP contribution in [-0.2, 0) is 20.6 Å². The summed E-state index contributed by atoms with van der Waals surface area (Å²) in [4.78, 5) is 15.4. The molecule has 2 aromatic carbocycles. The molecule has 28 heavy (non-hydrogen) atoms. The summed E-state index contributed by atoms with van der Waals surface area (Å²) in [5.41, 5.74) is 3.13. The van der Waals surface area contributed by atoms with Crippen molar-refractivity contribution in [3.05, 3.63) is 65.2 Å². The first kappa shape index (κ1) is 20.9. The topological polar surface area (TPSA) is 57.7 Å². The van der Waals surface area contributed by atoms with Crippen molar-refractivity contribution in [2.75, 3.05) is 31.9 Å². The van der Waals surface area contributed by atoms with Gasteiger partial charge in [-0.1, -0.05) is 48.0 Å². The average Bonchev–Trinajstić information content (AvgIpc) is 2.69. The van der Waals surface area contributed by atoms with Crippen LogP contribution in [0.4, 0.5) is 0 Å². The molecule has 1 saturated heterocycles. The van der Waals surface area contributed by atoms with E-state index in [2.05, 4.69) is 18.2 Å².